The number of hydrogen-bond acceptors (Lipinski definition) is 6. The topological polar surface area (TPSA) is 119 Å². The van der Waals surface area contributed by atoms with Crippen LogP contribution in [0.3, 0.4) is 0 Å². The number of nitrogen functional groups attached to an aromatic ring is 1. The van der Waals surface area contributed by atoms with E-state index < -0.39 is 11.8 Å². The zero-order valence-electron chi connectivity index (χ0n) is 20.6. The summed E-state index contributed by atoms with van der Waals surface area (Å²) in [4.78, 5) is 21.1. The largest absolute Gasteiger partial charge is 0.396 e. The summed E-state index contributed by atoms with van der Waals surface area (Å²) in [6.07, 6.45) is 1.35. The first-order valence-electron chi connectivity index (χ1n) is 11.6. The number of carbonyl (C=O) groups is 1. The number of aryl methyl sites for hydroxylation is 1. The van der Waals surface area contributed by atoms with Gasteiger partial charge in [0.25, 0.3) is 11.8 Å². The number of nitrogens with one attached hydrogen (secondary N) is 1. The summed E-state index contributed by atoms with van der Waals surface area (Å²) >= 11 is 0. The standard InChI is InChI=1S/C27H26F2N6O2/c1-16(14-36)13-35-25-23(24(30)31-15-32-25)22(34-35)10-8-18-12-21(9-7-17(18)2)33-26(37)19-5-4-6-20(11-19)27(3,28)29/h4-7,9,11-12,15-16,36H,13-14H2,1-3H3,(H,33,37)(H2,30,31,32)/t16-/m0/s1. The van der Waals surface area contributed by atoms with Gasteiger partial charge in [-0.3, -0.25) is 4.79 Å². The van der Waals surface area contributed by atoms with Gasteiger partial charge in [0, 0.05) is 42.5 Å². The third kappa shape index (κ3) is 5.73. The van der Waals surface area contributed by atoms with E-state index in [2.05, 4.69) is 32.2 Å². The molecule has 0 aliphatic heterocycles. The van der Waals surface area contributed by atoms with Gasteiger partial charge in [-0.05, 0) is 48.6 Å². The number of nitrogens with two attached hydrogens (primary N) is 1. The first-order valence-corrected chi connectivity index (χ1v) is 11.6. The average molecular weight is 505 g/mol. The fourth-order valence-corrected chi connectivity index (χ4v) is 3.70. The Labute approximate surface area is 212 Å². The molecule has 4 rings (SSSR count). The van der Waals surface area contributed by atoms with Crippen LogP contribution in [0.4, 0.5) is 20.3 Å². The molecule has 2 aromatic carbocycles. The highest BCUT2D eigenvalue weighted by Crippen LogP contribution is 2.28. The van der Waals surface area contributed by atoms with E-state index in [1.807, 2.05) is 13.8 Å². The Hall–Kier alpha value is -4.36. The third-order valence-corrected chi connectivity index (χ3v) is 5.80. The summed E-state index contributed by atoms with van der Waals surface area (Å²) in [7, 11) is 0. The Bertz CT molecular complexity index is 1530. The predicted octanol–water partition coefficient (Wildman–Crippen LogP) is 4.11. The molecule has 37 heavy (non-hydrogen) atoms. The van der Waals surface area contributed by atoms with Crippen LogP contribution < -0.4 is 11.1 Å². The summed E-state index contributed by atoms with van der Waals surface area (Å²) in [5, 5.41) is 17.2. The van der Waals surface area contributed by atoms with E-state index in [4.69, 9.17) is 5.73 Å². The summed E-state index contributed by atoms with van der Waals surface area (Å²) in [6.45, 7) is 4.97. The molecule has 0 fully saturated rings. The minimum atomic E-state index is -3.05. The van der Waals surface area contributed by atoms with E-state index >= 15 is 0 Å². The van der Waals surface area contributed by atoms with Crippen molar-refractivity contribution in [2.24, 2.45) is 5.92 Å². The number of halogens is 2. The lowest BCUT2D eigenvalue weighted by Crippen LogP contribution is -2.14. The highest BCUT2D eigenvalue weighted by Gasteiger charge is 2.25. The average Bonchev–Trinajstić information content (AvgIpc) is 3.22. The van der Waals surface area contributed by atoms with Gasteiger partial charge in [-0.25, -0.2) is 23.4 Å². The molecule has 4 N–H and O–H groups in total. The third-order valence-electron chi connectivity index (χ3n) is 5.80. The molecule has 0 bridgehead atoms. The minimum Gasteiger partial charge on any atom is -0.396 e. The molecule has 0 spiro atoms. The fraction of sp³-hybridized carbons (Fsp3) is 0.259. The quantitative estimate of drug-likeness (QED) is 0.340. The smallest absolute Gasteiger partial charge is 0.270 e. The second kappa shape index (κ2) is 10.3. The minimum absolute atomic E-state index is 0.00813. The van der Waals surface area contributed by atoms with Crippen LogP contribution in [0.15, 0.2) is 48.8 Å². The van der Waals surface area contributed by atoms with E-state index in [0.717, 1.165) is 12.5 Å². The van der Waals surface area contributed by atoms with E-state index in [9.17, 15) is 18.7 Å². The van der Waals surface area contributed by atoms with Gasteiger partial charge in [0.05, 0.1) is 5.39 Å². The maximum Gasteiger partial charge on any atom is 0.270 e. The Kier molecular flexibility index (Phi) is 7.18. The highest BCUT2D eigenvalue weighted by atomic mass is 19.3. The number of benzene rings is 2. The maximum atomic E-state index is 13.7. The second-order valence-corrected chi connectivity index (χ2v) is 8.98. The van der Waals surface area contributed by atoms with Crippen molar-refractivity contribution in [1.29, 1.82) is 0 Å². The van der Waals surface area contributed by atoms with Crippen LogP contribution in [-0.4, -0.2) is 37.4 Å². The number of aromatic nitrogens is 4. The van der Waals surface area contributed by atoms with Crippen molar-refractivity contribution in [1.82, 2.24) is 19.7 Å². The van der Waals surface area contributed by atoms with Gasteiger partial charge in [-0.1, -0.05) is 31.0 Å². The monoisotopic (exact) mass is 504 g/mol. The number of rotatable bonds is 6. The Balaban J connectivity index is 1.64. The number of alkyl halides is 2. The number of carbonyl (C=O) groups excluding carboxylic acids is 1. The van der Waals surface area contributed by atoms with E-state index in [-0.39, 0.29) is 29.5 Å². The summed E-state index contributed by atoms with van der Waals surface area (Å²) < 4.78 is 29.0. The lowest BCUT2D eigenvalue weighted by Gasteiger charge is -2.12. The second-order valence-electron chi connectivity index (χ2n) is 8.98. The van der Waals surface area contributed by atoms with Crippen LogP contribution in [0.2, 0.25) is 0 Å². The molecule has 0 unspecified atom stereocenters. The molecule has 2 heterocycles. The van der Waals surface area contributed by atoms with Crippen LogP contribution in [0.25, 0.3) is 11.0 Å². The van der Waals surface area contributed by atoms with Crippen molar-refractivity contribution >= 4 is 28.4 Å². The number of fused-ring (bicyclic) bond motifs is 1. The number of aliphatic hydroxyl groups is 1. The van der Waals surface area contributed by atoms with Crippen LogP contribution in [0, 0.1) is 24.7 Å². The first kappa shape index (κ1) is 25.7. The van der Waals surface area contributed by atoms with Gasteiger partial charge in [0.2, 0.25) is 0 Å². The summed E-state index contributed by atoms with van der Waals surface area (Å²) in [6, 6.07) is 10.6. The van der Waals surface area contributed by atoms with E-state index in [0.29, 0.717) is 34.5 Å². The first-order chi connectivity index (χ1) is 17.6. The number of anilines is 2. The number of hydrogen-bond donors (Lipinski definition) is 3. The Morgan fingerprint density at radius 1 is 1.22 bits per heavy atom. The molecule has 0 saturated carbocycles. The van der Waals surface area contributed by atoms with Gasteiger partial charge >= 0.3 is 0 Å². The lowest BCUT2D eigenvalue weighted by molar-refractivity contribution is 0.0174. The number of nitrogens with zero attached hydrogens (tertiary/aromatic N) is 4. The molecular formula is C27H26F2N6O2. The molecule has 4 aromatic rings. The van der Waals surface area contributed by atoms with E-state index in [1.54, 1.807) is 22.9 Å². The maximum absolute atomic E-state index is 13.7. The molecule has 8 nitrogen and oxygen atoms in total. The van der Waals surface area contributed by atoms with Gasteiger partial charge < -0.3 is 16.2 Å². The molecule has 0 aliphatic rings. The van der Waals surface area contributed by atoms with Crippen molar-refractivity contribution in [2.75, 3.05) is 17.7 Å². The van der Waals surface area contributed by atoms with Crippen molar-refractivity contribution in [3.8, 4) is 11.8 Å². The van der Waals surface area contributed by atoms with E-state index in [1.165, 1.54) is 30.6 Å². The molecule has 1 atom stereocenters. The zero-order valence-corrected chi connectivity index (χ0v) is 20.6. The van der Waals surface area contributed by atoms with Crippen molar-refractivity contribution in [2.45, 2.75) is 33.2 Å². The molecular weight excluding hydrogens is 478 g/mol. The summed E-state index contributed by atoms with van der Waals surface area (Å²) in [5.74, 6) is 2.74. The normalized spacial score (nSPS) is 12.2. The molecule has 0 aliphatic carbocycles. The van der Waals surface area contributed by atoms with Gasteiger partial charge in [0.1, 0.15) is 17.8 Å². The summed E-state index contributed by atoms with van der Waals surface area (Å²) in [5.41, 5.74) is 8.84. The Morgan fingerprint density at radius 2 is 2.00 bits per heavy atom. The van der Waals surface area contributed by atoms with Crippen molar-refractivity contribution in [3.63, 3.8) is 0 Å². The zero-order chi connectivity index (χ0) is 26.7. The molecule has 0 saturated heterocycles. The van der Waals surface area contributed by atoms with Crippen LogP contribution in [0.5, 0.6) is 0 Å². The molecule has 190 valence electrons. The van der Waals surface area contributed by atoms with Gasteiger partial charge in [-0.2, -0.15) is 5.10 Å². The number of aliphatic hydroxyl groups excluding tert-OH is 1. The SMILES string of the molecule is Cc1ccc(NC(=O)c2cccc(C(C)(F)F)c2)cc1C#Cc1nn(C[C@H](C)CO)c2ncnc(N)c12. The van der Waals surface area contributed by atoms with Gasteiger partial charge in [-0.15, -0.1) is 0 Å². The van der Waals surface area contributed by atoms with Crippen molar-refractivity contribution in [3.05, 3.63) is 76.7 Å². The highest BCUT2D eigenvalue weighted by molar-refractivity contribution is 6.04. The number of amides is 1. The van der Waals surface area contributed by atoms with Crippen molar-refractivity contribution < 1.29 is 18.7 Å². The molecule has 1 amide bonds. The van der Waals surface area contributed by atoms with Gasteiger partial charge in [0.15, 0.2) is 5.65 Å². The molecule has 2 aromatic heterocycles. The predicted molar refractivity (Wildman–Crippen MR) is 137 cm³/mol. The fourth-order valence-electron chi connectivity index (χ4n) is 3.70. The Morgan fingerprint density at radius 3 is 2.73 bits per heavy atom. The van der Waals surface area contributed by atoms with Crippen LogP contribution in [0.1, 0.15) is 46.6 Å². The lowest BCUT2D eigenvalue weighted by atomic mass is 10.1. The molecule has 0 radical (unpaired) electrons. The molecule has 10 heteroatoms. The van der Waals surface area contributed by atoms with Crippen LogP contribution in [-0.2, 0) is 12.5 Å². The van der Waals surface area contributed by atoms with Crippen LogP contribution >= 0.6 is 0 Å².